The third kappa shape index (κ3) is 6.67. The molecule has 0 saturated heterocycles. The molecule has 0 heterocycles. The van der Waals surface area contributed by atoms with Gasteiger partial charge in [-0.15, -0.1) is 0 Å². The van der Waals surface area contributed by atoms with Crippen LogP contribution in [0, 0.1) is 29.1 Å². The van der Waals surface area contributed by atoms with E-state index in [-0.39, 0.29) is 10.8 Å². The fraction of sp³-hybridized carbons (Fsp3) is 0.357. The molecule has 5 aliphatic rings. The summed E-state index contributed by atoms with van der Waals surface area (Å²) in [4.78, 5) is 4.85. The lowest BCUT2D eigenvalue weighted by Crippen LogP contribution is -2.48. The molecule has 2 atom stereocenters. The van der Waals surface area contributed by atoms with E-state index < -0.39 is 0 Å². The van der Waals surface area contributed by atoms with Crippen molar-refractivity contribution in [1.29, 1.82) is 0 Å². The van der Waals surface area contributed by atoms with Gasteiger partial charge in [-0.25, -0.2) is 0 Å². The molecule has 5 aliphatic carbocycles. The zero-order chi connectivity index (χ0) is 39.3. The van der Waals surface area contributed by atoms with E-state index in [1.807, 2.05) is 0 Å². The number of hydrogen-bond donors (Lipinski definition) is 0. The van der Waals surface area contributed by atoms with Crippen LogP contribution in [0.3, 0.4) is 0 Å². The predicted molar refractivity (Wildman–Crippen MR) is 244 cm³/mol. The van der Waals surface area contributed by atoms with Crippen molar-refractivity contribution in [2.45, 2.75) is 95.8 Å². The SMILES string of the molecule is CC(C)(C)C1CCCCC1(c1ccc(N(c2ccccc2)c2ccccc2)cc1)c1ccc(N(c2ccccc2)c2ccc(C34CC5CC(CC(C5)C3)C4)cc2)cc1. The van der Waals surface area contributed by atoms with Gasteiger partial charge in [0.05, 0.1) is 0 Å². The Bertz CT molecular complexity index is 2210. The summed E-state index contributed by atoms with van der Waals surface area (Å²) in [6.45, 7) is 7.41. The van der Waals surface area contributed by atoms with Crippen LogP contribution in [0.15, 0.2) is 164 Å². The van der Waals surface area contributed by atoms with Gasteiger partial charge in [0.25, 0.3) is 0 Å². The molecule has 0 amide bonds. The quantitative estimate of drug-likeness (QED) is 0.145. The number of benzene rings is 6. The standard InChI is InChI=1S/C56H60N2/c1-54(2,3)53-21-13-14-34-56(53,45-24-30-51(31-25-45)57(47-15-7-4-8-16-47)48-17-9-5-10-18-48)46-26-32-52(33-27-46)58(49-19-11-6-12-20-49)50-28-22-44(23-29-50)55-38-41-35-42(39-55)37-43(36-41)40-55/h4-12,15-20,22-33,41-43,53H,13-14,21,34-40H2,1-3H3. The van der Waals surface area contributed by atoms with Crippen molar-refractivity contribution < 1.29 is 0 Å². The van der Waals surface area contributed by atoms with Crippen molar-refractivity contribution in [3.8, 4) is 0 Å². The molecule has 5 saturated carbocycles. The van der Waals surface area contributed by atoms with Crippen LogP contribution in [-0.4, -0.2) is 0 Å². The van der Waals surface area contributed by atoms with E-state index in [1.54, 1.807) is 5.56 Å². The Kier molecular flexibility index (Phi) is 9.59. The van der Waals surface area contributed by atoms with Gasteiger partial charge in [0.15, 0.2) is 0 Å². The second-order valence-electron chi connectivity index (χ2n) is 19.7. The van der Waals surface area contributed by atoms with E-state index in [4.69, 9.17) is 0 Å². The minimum atomic E-state index is -0.0883. The van der Waals surface area contributed by atoms with E-state index in [2.05, 4.69) is 194 Å². The van der Waals surface area contributed by atoms with E-state index in [9.17, 15) is 0 Å². The fourth-order valence-corrected chi connectivity index (χ4v) is 13.1. The van der Waals surface area contributed by atoms with Gasteiger partial charge in [0, 0.05) is 39.5 Å². The van der Waals surface area contributed by atoms with Crippen molar-refractivity contribution in [3.05, 3.63) is 180 Å². The van der Waals surface area contributed by atoms with Crippen molar-refractivity contribution in [1.82, 2.24) is 0 Å². The number of nitrogens with zero attached hydrogens (tertiary/aromatic N) is 2. The molecule has 6 aromatic carbocycles. The van der Waals surface area contributed by atoms with Crippen molar-refractivity contribution in [2.75, 3.05) is 9.80 Å². The van der Waals surface area contributed by atoms with Gasteiger partial charge in [-0.1, -0.05) is 125 Å². The van der Waals surface area contributed by atoms with Crippen molar-refractivity contribution >= 4 is 34.1 Å². The molecule has 11 rings (SSSR count). The minimum Gasteiger partial charge on any atom is -0.311 e. The third-order valence-corrected chi connectivity index (χ3v) is 15.1. The van der Waals surface area contributed by atoms with E-state index in [0.29, 0.717) is 11.3 Å². The monoisotopic (exact) mass is 760 g/mol. The highest BCUT2D eigenvalue weighted by atomic mass is 15.1. The van der Waals surface area contributed by atoms with Gasteiger partial charge in [0.1, 0.15) is 0 Å². The molecule has 58 heavy (non-hydrogen) atoms. The summed E-state index contributed by atoms with van der Waals surface area (Å²) in [7, 11) is 0. The summed E-state index contributed by atoms with van der Waals surface area (Å²) in [5.74, 6) is 3.36. The van der Waals surface area contributed by atoms with Crippen LogP contribution in [0.2, 0.25) is 0 Å². The molecule has 2 unspecified atom stereocenters. The lowest BCUT2D eigenvalue weighted by molar-refractivity contribution is -0.00518. The molecule has 0 N–H and O–H groups in total. The van der Waals surface area contributed by atoms with Crippen LogP contribution in [0.5, 0.6) is 0 Å². The number of hydrogen-bond acceptors (Lipinski definition) is 2. The van der Waals surface area contributed by atoms with Crippen LogP contribution in [0.25, 0.3) is 0 Å². The van der Waals surface area contributed by atoms with Crippen molar-refractivity contribution in [2.24, 2.45) is 29.1 Å². The summed E-state index contributed by atoms with van der Waals surface area (Å²) in [6, 6.07) is 61.8. The summed E-state index contributed by atoms with van der Waals surface area (Å²) < 4.78 is 0. The smallest absolute Gasteiger partial charge is 0.0461 e. The second-order valence-corrected chi connectivity index (χ2v) is 19.7. The highest BCUT2D eigenvalue weighted by Crippen LogP contribution is 2.61. The molecular weight excluding hydrogens is 701 g/mol. The van der Waals surface area contributed by atoms with E-state index >= 15 is 0 Å². The average Bonchev–Trinajstić information content (AvgIpc) is 3.25. The molecule has 0 aliphatic heterocycles. The number of anilines is 6. The maximum atomic E-state index is 2.50. The Morgan fingerprint density at radius 2 is 0.759 bits per heavy atom. The summed E-state index contributed by atoms with van der Waals surface area (Å²) >= 11 is 0. The zero-order valence-electron chi connectivity index (χ0n) is 34.9. The van der Waals surface area contributed by atoms with Crippen LogP contribution < -0.4 is 9.80 Å². The molecule has 0 radical (unpaired) electrons. The summed E-state index contributed by atoms with van der Waals surface area (Å²) in [5.41, 5.74) is 12.1. The maximum Gasteiger partial charge on any atom is 0.0461 e. The van der Waals surface area contributed by atoms with Gasteiger partial charge >= 0.3 is 0 Å². The molecular formula is C56H60N2. The first-order chi connectivity index (χ1) is 28.3. The van der Waals surface area contributed by atoms with Gasteiger partial charge in [-0.05, 0) is 175 Å². The normalized spacial score (nSPS) is 26.3. The Morgan fingerprint density at radius 1 is 0.414 bits per heavy atom. The molecule has 2 nitrogen and oxygen atoms in total. The molecule has 6 aromatic rings. The van der Waals surface area contributed by atoms with E-state index in [1.165, 1.54) is 103 Å². The van der Waals surface area contributed by atoms with Gasteiger partial charge in [0.2, 0.25) is 0 Å². The third-order valence-electron chi connectivity index (χ3n) is 15.1. The number of rotatable bonds is 9. The Balaban J connectivity index is 1.02. The molecule has 0 aromatic heterocycles. The molecule has 4 bridgehead atoms. The molecule has 5 fully saturated rings. The summed E-state index contributed by atoms with van der Waals surface area (Å²) in [6.07, 6.45) is 13.6. The average molecular weight is 761 g/mol. The Morgan fingerprint density at radius 3 is 1.12 bits per heavy atom. The second kappa shape index (κ2) is 14.9. The molecule has 294 valence electrons. The first-order valence-corrected chi connectivity index (χ1v) is 22.4. The summed E-state index contributed by atoms with van der Waals surface area (Å²) in [5, 5.41) is 0. The fourth-order valence-electron chi connectivity index (χ4n) is 13.1. The first kappa shape index (κ1) is 37.2. The van der Waals surface area contributed by atoms with Crippen LogP contribution >= 0.6 is 0 Å². The maximum absolute atomic E-state index is 2.50. The van der Waals surface area contributed by atoms with Gasteiger partial charge in [-0.3, -0.25) is 0 Å². The van der Waals surface area contributed by atoms with Gasteiger partial charge < -0.3 is 9.80 Å². The highest BCUT2D eigenvalue weighted by Gasteiger charge is 2.52. The van der Waals surface area contributed by atoms with E-state index in [0.717, 1.165) is 24.2 Å². The molecule has 2 heteroatoms. The van der Waals surface area contributed by atoms with Crippen LogP contribution in [0.4, 0.5) is 34.1 Å². The molecule has 0 spiro atoms. The predicted octanol–water partition coefficient (Wildman–Crippen LogP) is 15.6. The highest BCUT2D eigenvalue weighted by molar-refractivity contribution is 5.78. The van der Waals surface area contributed by atoms with Crippen molar-refractivity contribution in [3.63, 3.8) is 0 Å². The number of para-hydroxylation sites is 3. The van der Waals surface area contributed by atoms with Crippen LogP contribution in [-0.2, 0) is 10.8 Å². The first-order valence-electron chi connectivity index (χ1n) is 22.4. The zero-order valence-corrected chi connectivity index (χ0v) is 34.9. The Hall–Kier alpha value is -5.08. The lowest BCUT2D eigenvalue weighted by atomic mass is 9.48. The topological polar surface area (TPSA) is 6.48 Å². The largest absolute Gasteiger partial charge is 0.311 e. The van der Waals surface area contributed by atoms with Gasteiger partial charge in [-0.2, -0.15) is 0 Å². The lowest BCUT2D eigenvalue weighted by Gasteiger charge is -2.57. The minimum absolute atomic E-state index is 0.0883. The Labute approximate surface area is 348 Å². The van der Waals surface area contributed by atoms with Crippen LogP contribution in [0.1, 0.15) is 102 Å².